The van der Waals surface area contributed by atoms with E-state index >= 15 is 0 Å². The zero-order valence-electron chi connectivity index (χ0n) is 13.4. The number of anilines is 1. The Labute approximate surface area is 134 Å². The van der Waals surface area contributed by atoms with Crippen molar-refractivity contribution in [1.29, 1.82) is 0 Å². The molecular formula is C18H18FN3O. The van der Waals surface area contributed by atoms with Crippen molar-refractivity contribution >= 4 is 22.6 Å². The Morgan fingerprint density at radius 3 is 2.65 bits per heavy atom. The lowest BCUT2D eigenvalue weighted by molar-refractivity contribution is -0.116. The van der Waals surface area contributed by atoms with Gasteiger partial charge in [-0.05, 0) is 61.7 Å². The summed E-state index contributed by atoms with van der Waals surface area (Å²) in [5.74, 6) is -0.582. The molecule has 0 atom stereocenters. The summed E-state index contributed by atoms with van der Waals surface area (Å²) in [6.07, 6.45) is 1.65. The summed E-state index contributed by atoms with van der Waals surface area (Å²) in [6, 6.07) is 8.38. The molecule has 1 aromatic heterocycles. The molecule has 0 spiro atoms. The first kappa shape index (κ1) is 15.2. The van der Waals surface area contributed by atoms with Gasteiger partial charge in [-0.2, -0.15) is 0 Å². The molecule has 5 heteroatoms. The Kier molecular flexibility index (Phi) is 3.86. The van der Waals surface area contributed by atoms with Crippen molar-refractivity contribution in [2.45, 2.75) is 27.3 Å². The van der Waals surface area contributed by atoms with Crippen molar-refractivity contribution in [2.75, 3.05) is 5.32 Å². The van der Waals surface area contributed by atoms with E-state index in [2.05, 4.69) is 10.3 Å². The summed E-state index contributed by atoms with van der Waals surface area (Å²) in [4.78, 5) is 16.6. The lowest BCUT2D eigenvalue weighted by atomic mass is 10.1. The number of aromatic nitrogens is 2. The molecule has 3 aromatic rings. The van der Waals surface area contributed by atoms with E-state index in [1.54, 1.807) is 17.0 Å². The fourth-order valence-corrected chi connectivity index (χ4v) is 2.51. The van der Waals surface area contributed by atoms with Crippen LogP contribution in [0.15, 0.2) is 36.7 Å². The molecule has 0 radical (unpaired) electrons. The highest BCUT2D eigenvalue weighted by molar-refractivity contribution is 5.92. The molecule has 1 amide bonds. The summed E-state index contributed by atoms with van der Waals surface area (Å²) in [5, 5.41) is 2.75. The van der Waals surface area contributed by atoms with Crippen molar-refractivity contribution in [3.05, 3.63) is 59.2 Å². The molecule has 3 rings (SSSR count). The topological polar surface area (TPSA) is 46.9 Å². The van der Waals surface area contributed by atoms with E-state index in [4.69, 9.17) is 0 Å². The molecule has 23 heavy (non-hydrogen) atoms. The highest BCUT2D eigenvalue weighted by Gasteiger charge is 2.10. The fourth-order valence-electron chi connectivity index (χ4n) is 2.51. The van der Waals surface area contributed by atoms with E-state index in [0.717, 1.165) is 22.2 Å². The minimum atomic E-state index is -0.370. The lowest BCUT2D eigenvalue weighted by Crippen LogP contribution is -2.19. The number of nitrogens with one attached hydrogen (secondary N) is 1. The van der Waals surface area contributed by atoms with Gasteiger partial charge < -0.3 is 9.88 Å². The third-order valence-electron chi connectivity index (χ3n) is 4.02. The van der Waals surface area contributed by atoms with E-state index < -0.39 is 0 Å². The molecule has 0 aliphatic rings. The number of carbonyl (C=O) groups is 1. The highest BCUT2D eigenvalue weighted by atomic mass is 19.1. The van der Waals surface area contributed by atoms with Crippen molar-refractivity contribution in [1.82, 2.24) is 9.55 Å². The fraction of sp³-hybridized carbons (Fsp3) is 0.222. The molecule has 0 aliphatic carbocycles. The van der Waals surface area contributed by atoms with Crippen LogP contribution in [0.4, 0.5) is 10.1 Å². The molecule has 2 aromatic carbocycles. The van der Waals surface area contributed by atoms with Gasteiger partial charge >= 0.3 is 0 Å². The molecule has 1 heterocycles. The highest BCUT2D eigenvalue weighted by Crippen LogP contribution is 2.19. The normalized spacial score (nSPS) is 11.0. The number of benzene rings is 2. The van der Waals surface area contributed by atoms with Gasteiger partial charge in [-0.1, -0.05) is 6.07 Å². The van der Waals surface area contributed by atoms with E-state index in [-0.39, 0.29) is 18.3 Å². The third kappa shape index (κ3) is 3.08. The molecular weight excluding hydrogens is 293 g/mol. The van der Waals surface area contributed by atoms with Gasteiger partial charge in [0.05, 0.1) is 17.4 Å². The molecule has 0 saturated carbocycles. The monoisotopic (exact) mass is 311 g/mol. The van der Waals surface area contributed by atoms with Gasteiger partial charge in [0, 0.05) is 5.69 Å². The Hall–Kier alpha value is -2.69. The van der Waals surface area contributed by atoms with Gasteiger partial charge in [-0.25, -0.2) is 9.37 Å². The Morgan fingerprint density at radius 1 is 1.13 bits per heavy atom. The molecule has 0 bridgehead atoms. The number of aryl methyl sites for hydroxylation is 3. The average Bonchev–Trinajstić information content (AvgIpc) is 2.85. The maximum Gasteiger partial charge on any atom is 0.244 e. The van der Waals surface area contributed by atoms with Crippen LogP contribution < -0.4 is 5.32 Å². The summed E-state index contributed by atoms with van der Waals surface area (Å²) in [5.41, 5.74) is 5.42. The SMILES string of the molecule is Cc1cc2ncn(CC(=O)Nc3cc(F)ccc3C)c2cc1C. The number of nitrogens with zero attached hydrogens (tertiary/aromatic N) is 2. The first-order valence-corrected chi connectivity index (χ1v) is 7.42. The van der Waals surface area contributed by atoms with Crippen molar-refractivity contribution < 1.29 is 9.18 Å². The summed E-state index contributed by atoms with van der Waals surface area (Å²) < 4.78 is 15.1. The van der Waals surface area contributed by atoms with Gasteiger partial charge in [0.2, 0.25) is 5.91 Å². The van der Waals surface area contributed by atoms with Gasteiger partial charge in [-0.15, -0.1) is 0 Å². The number of halogens is 1. The second-order valence-corrected chi connectivity index (χ2v) is 5.81. The maximum atomic E-state index is 13.3. The summed E-state index contributed by atoms with van der Waals surface area (Å²) in [6.45, 7) is 6.03. The predicted molar refractivity (Wildman–Crippen MR) is 89.0 cm³/mol. The van der Waals surface area contributed by atoms with Crippen molar-refractivity contribution in [2.24, 2.45) is 0 Å². The Balaban J connectivity index is 1.83. The molecule has 4 nitrogen and oxygen atoms in total. The summed E-state index contributed by atoms with van der Waals surface area (Å²) >= 11 is 0. The minimum Gasteiger partial charge on any atom is -0.324 e. The van der Waals surface area contributed by atoms with E-state index in [1.165, 1.54) is 17.7 Å². The van der Waals surface area contributed by atoms with E-state index in [9.17, 15) is 9.18 Å². The number of amides is 1. The number of rotatable bonds is 3. The van der Waals surface area contributed by atoms with Crippen LogP contribution in [0.2, 0.25) is 0 Å². The van der Waals surface area contributed by atoms with Gasteiger partial charge in [-0.3, -0.25) is 4.79 Å². The van der Waals surface area contributed by atoms with Crippen LogP contribution in [0.1, 0.15) is 16.7 Å². The molecule has 118 valence electrons. The molecule has 0 fully saturated rings. The third-order valence-corrected chi connectivity index (χ3v) is 4.02. The first-order chi connectivity index (χ1) is 10.9. The zero-order chi connectivity index (χ0) is 16.6. The van der Waals surface area contributed by atoms with Crippen LogP contribution >= 0.6 is 0 Å². The largest absolute Gasteiger partial charge is 0.324 e. The van der Waals surface area contributed by atoms with Crippen molar-refractivity contribution in [3.63, 3.8) is 0 Å². The van der Waals surface area contributed by atoms with Crippen LogP contribution in [0.5, 0.6) is 0 Å². The second-order valence-electron chi connectivity index (χ2n) is 5.81. The predicted octanol–water partition coefficient (Wildman–Crippen LogP) is 3.74. The average molecular weight is 311 g/mol. The van der Waals surface area contributed by atoms with Gasteiger partial charge in [0.15, 0.2) is 0 Å². The summed E-state index contributed by atoms with van der Waals surface area (Å²) in [7, 11) is 0. The van der Waals surface area contributed by atoms with E-state index in [0.29, 0.717) is 5.69 Å². The van der Waals surface area contributed by atoms with Crippen LogP contribution in [0.3, 0.4) is 0 Å². The number of carbonyl (C=O) groups excluding carboxylic acids is 1. The van der Waals surface area contributed by atoms with Crippen LogP contribution in [0, 0.1) is 26.6 Å². The van der Waals surface area contributed by atoms with Crippen LogP contribution in [-0.2, 0) is 11.3 Å². The van der Waals surface area contributed by atoms with Crippen LogP contribution in [0.25, 0.3) is 11.0 Å². The maximum absolute atomic E-state index is 13.3. The quantitative estimate of drug-likeness (QED) is 0.801. The van der Waals surface area contributed by atoms with E-state index in [1.807, 2.05) is 32.9 Å². The smallest absolute Gasteiger partial charge is 0.244 e. The number of hydrogen-bond acceptors (Lipinski definition) is 2. The molecule has 0 unspecified atom stereocenters. The number of fused-ring (bicyclic) bond motifs is 1. The number of imidazole rings is 1. The van der Waals surface area contributed by atoms with Gasteiger partial charge in [0.1, 0.15) is 12.4 Å². The van der Waals surface area contributed by atoms with Gasteiger partial charge in [0.25, 0.3) is 0 Å². The van der Waals surface area contributed by atoms with Crippen LogP contribution in [-0.4, -0.2) is 15.5 Å². The Bertz CT molecular complexity index is 899. The molecule has 0 saturated heterocycles. The second kappa shape index (κ2) is 5.83. The lowest BCUT2D eigenvalue weighted by Gasteiger charge is -2.10. The molecule has 0 aliphatic heterocycles. The zero-order valence-corrected chi connectivity index (χ0v) is 13.4. The molecule has 1 N–H and O–H groups in total. The first-order valence-electron chi connectivity index (χ1n) is 7.42. The number of hydrogen-bond donors (Lipinski definition) is 1. The minimum absolute atomic E-state index is 0.134. The Morgan fingerprint density at radius 2 is 1.87 bits per heavy atom. The standard InChI is InChI=1S/C18H18FN3O/c1-11-4-5-14(19)8-15(11)21-18(23)9-22-10-20-16-6-12(2)13(3)7-17(16)22/h4-8,10H,9H2,1-3H3,(H,21,23). The van der Waals surface area contributed by atoms with Crippen molar-refractivity contribution in [3.8, 4) is 0 Å².